The minimum atomic E-state index is -0.334. The predicted octanol–water partition coefficient (Wildman–Crippen LogP) is 8.64. The first-order valence-corrected chi connectivity index (χ1v) is 18.1. The van der Waals surface area contributed by atoms with Crippen LogP contribution in [0.3, 0.4) is 0 Å². The topological polar surface area (TPSA) is 90.1 Å². The molecule has 0 aromatic heterocycles. The molecular weight excluding hydrogens is 568 g/mol. The molecule has 4 fully saturated rings. The van der Waals surface area contributed by atoms with Crippen LogP contribution < -0.4 is 20.1 Å². The Hall–Kier alpha value is -3.06. The zero-order valence-electron chi connectivity index (χ0n) is 28.4. The van der Waals surface area contributed by atoms with Gasteiger partial charge in [0.05, 0.1) is 37.2 Å². The first-order chi connectivity index (χ1) is 22.5. The number of methoxy groups -OCH3 is 2. The summed E-state index contributed by atoms with van der Waals surface area (Å²) in [5.41, 5.74) is 1.57. The molecule has 2 aromatic carbocycles. The van der Waals surface area contributed by atoms with Crippen LogP contribution in [0, 0.1) is 22.7 Å². The molecule has 248 valence electrons. The van der Waals surface area contributed by atoms with Gasteiger partial charge in [0.15, 0.2) is 0 Å². The van der Waals surface area contributed by atoms with Crippen LogP contribution in [0.25, 0.3) is 0 Å². The lowest BCUT2D eigenvalue weighted by Gasteiger charge is -2.38. The molecule has 4 saturated carbocycles. The van der Waals surface area contributed by atoms with Crippen LogP contribution in [0.5, 0.6) is 11.5 Å². The Morgan fingerprint density at radius 2 is 0.891 bits per heavy atom. The van der Waals surface area contributed by atoms with E-state index in [0.29, 0.717) is 24.2 Å². The minimum Gasteiger partial charge on any atom is -0.497 e. The number of nitrogens with zero attached hydrogens (tertiary/aromatic N) is 2. The van der Waals surface area contributed by atoms with Crippen LogP contribution in [0.4, 0.5) is 0 Å². The Bertz CT molecular complexity index is 1200. The highest BCUT2D eigenvalue weighted by Gasteiger charge is 2.39. The lowest BCUT2D eigenvalue weighted by Crippen LogP contribution is -2.44. The average molecular weight is 625 g/mol. The fourth-order valence-corrected chi connectivity index (χ4v) is 8.53. The van der Waals surface area contributed by atoms with Crippen LogP contribution in [0.1, 0.15) is 127 Å². The second-order valence-electron chi connectivity index (χ2n) is 14.4. The van der Waals surface area contributed by atoms with Crippen LogP contribution in [-0.2, 0) is 10.8 Å². The Morgan fingerprint density at radius 1 is 0.543 bits per heavy atom. The third kappa shape index (κ3) is 8.64. The fraction of sp³-hybridized carbons (Fsp3) is 0.650. The standard InChI is InChI=1S/2C20H28N2O/c2*1-23-19-9-5-6-16(14-19)20(15-21)12-10-18(11-13-20)22-17-7-3-2-4-8-17/h2*5-6,9,14,17-18,22H,2-4,7-8,10-13H2,1H3. The average Bonchev–Trinajstić information content (AvgIpc) is 3.13. The van der Waals surface area contributed by atoms with Crippen molar-refractivity contribution in [2.45, 2.75) is 151 Å². The minimum absolute atomic E-state index is 0.334. The van der Waals surface area contributed by atoms with Gasteiger partial charge >= 0.3 is 0 Å². The van der Waals surface area contributed by atoms with Crippen molar-refractivity contribution in [2.75, 3.05) is 14.2 Å². The van der Waals surface area contributed by atoms with Gasteiger partial charge < -0.3 is 20.1 Å². The fourth-order valence-electron chi connectivity index (χ4n) is 8.53. The van der Waals surface area contributed by atoms with Crippen molar-refractivity contribution in [3.05, 3.63) is 59.7 Å². The largest absolute Gasteiger partial charge is 0.497 e. The zero-order chi connectivity index (χ0) is 32.2. The van der Waals surface area contributed by atoms with E-state index >= 15 is 0 Å². The highest BCUT2D eigenvalue weighted by atomic mass is 16.5. The molecule has 0 heterocycles. The molecule has 46 heavy (non-hydrogen) atoms. The van der Waals surface area contributed by atoms with Gasteiger partial charge in [-0.25, -0.2) is 0 Å². The molecule has 2 N–H and O–H groups in total. The molecule has 6 nitrogen and oxygen atoms in total. The van der Waals surface area contributed by atoms with Crippen molar-refractivity contribution in [3.8, 4) is 23.6 Å². The third-order valence-electron chi connectivity index (χ3n) is 11.5. The number of rotatable bonds is 8. The van der Waals surface area contributed by atoms with Crippen LogP contribution in [0.15, 0.2) is 48.5 Å². The molecule has 0 aliphatic heterocycles. The Kier molecular flexibility index (Phi) is 12.4. The summed E-state index contributed by atoms with van der Waals surface area (Å²) in [5.74, 6) is 1.69. The smallest absolute Gasteiger partial charge is 0.119 e. The number of nitriles is 2. The second-order valence-corrected chi connectivity index (χ2v) is 14.4. The van der Waals surface area contributed by atoms with Gasteiger partial charge in [0.2, 0.25) is 0 Å². The summed E-state index contributed by atoms with van der Waals surface area (Å²) in [5, 5.41) is 27.4. The van der Waals surface area contributed by atoms with Crippen molar-refractivity contribution in [1.82, 2.24) is 10.6 Å². The van der Waals surface area contributed by atoms with E-state index in [4.69, 9.17) is 9.47 Å². The molecule has 6 rings (SSSR count). The molecule has 0 saturated heterocycles. The van der Waals surface area contributed by atoms with E-state index in [9.17, 15) is 10.5 Å². The first kappa shape index (κ1) is 34.3. The second kappa shape index (κ2) is 16.7. The lowest BCUT2D eigenvalue weighted by molar-refractivity contribution is 0.253. The SMILES string of the molecule is COc1cccc(C2(C#N)CCC(NC3CCCCC3)CC2)c1.COc1cccc(C2(C#N)CCC(NC3CCCCC3)CC2)c1. The Balaban J connectivity index is 0.000000181. The number of hydrogen-bond donors (Lipinski definition) is 2. The van der Waals surface area contributed by atoms with E-state index in [1.807, 2.05) is 36.4 Å². The molecule has 0 radical (unpaired) electrons. The predicted molar refractivity (Wildman–Crippen MR) is 185 cm³/mol. The molecule has 4 aliphatic carbocycles. The van der Waals surface area contributed by atoms with E-state index in [0.717, 1.165) is 74.0 Å². The van der Waals surface area contributed by atoms with Crippen molar-refractivity contribution in [2.24, 2.45) is 0 Å². The van der Waals surface area contributed by atoms with Gasteiger partial charge in [0, 0.05) is 24.2 Å². The number of ether oxygens (including phenoxy) is 2. The molecular formula is C40H56N4O2. The molecule has 4 aliphatic rings. The van der Waals surface area contributed by atoms with Crippen LogP contribution in [0.2, 0.25) is 0 Å². The number of hydrogen-bond acceptors (Lipinski definition) is 6. The van der Waals surface area contributed by atoms with Crippen LogP contribution in [-0.4, -0.2) is 38.4 Å². The Morgan fingerprint density at radius 3 is 1.22 bits per heavy atom. The van der Waals surface area contributed by atoms with Crippen molar-refractivity contribution in [3.63, 3.8) is 0 Å². The monoisotopic (exact) mass is 624 g/mol. The summed E-state index contributed by atoms with van der Waals surface area (Å²) in [6.45, 7) is 0. The molecule has 6 heteroatoms. The van der Waals surface area contributed by atoms with Crippen LogP contribution >= 0.6 is 0 Å². The van der Waals surface area contributed by atoms with E-state index < -0.39 is 0 Å². The van der Waals surface area contributed by atoms with Gasteiger partial charge in [0.1, 0.15) is 11.5 Å². The highest BCUT2D eigenvalue weighted by Crippen LogP contribution is 2.42. The van der Waals surface area contributed by atoms with Gasteiger partial charge in [-0.1, -0.05) is 62.8 Å². The summed E-state index contributed by atoms with van der Waals surface area (Å²) in [7, 11) is 3.37. The zero-order valence-corrected chi connectivity index (χ0v) is 28.4. The van der Waals surface area contributed by atoms with E-state index in [1.165, 1.54) is 64.2 Å². The van der Waals surface area contributed by atoms with E-state index in [-0.39, 0.29) is 10.8 Å². The first-order valence-electron chi connectivity index (χ1n) is 18.1. The maximum atomic E-state index is 9.86. The molecule has 0 amide bonds. The van der Waals surface area contributed by atoms with Gasteiger partial charge in [-0.05, 0) is 112 Å². The van der Waals surface area contributed by atoms with Gasteiger partial charge in [-0.15, -0.1) is 0 Å². The number of nitrogens with one attached hydrogen (secondary N) is 2. The number of benzene rings is 2. The van der Waals surface area contributed by atoms with Crippen molar-refractivity contribution >= 4 is 0 Å². The summed E-state index contributed by atoms with van der Waals surface area (Å²) in [6.07, 6.45) is 21.8. The molecule has 2 aromatic rings. The molecule has 0 bridgehead atoms. The molecule has 0 atom stereocenters. The summed E-state index contributed by atoms with van der Waals surface area (Å²) >= 11 is 0. The van der Waals surface area contributed by atoms with Crippen molar-refractivity contribution < 1.29 is 9.47 Å². The third-order valence-corrected chi connectivity index (χ3v) is 11.5. The van der Waals surface area contributed by atoms with Gasteiger partial charge in [0.25, 0.3) is 0 Å². The van der Waals surface area contributed by atoms with Gasteiger partial charge in [-0.2, -0.15) is 10.5 Å². The van der Waals surface area contributed by atoms with E-state index in [2.05, 4.69) is 34.9 Å². The maximum absolute atomic E-state index is 9.86. The quantitative estimate of drug-likeness (QED) is 0.306. The summed E-state index contributed by atoms with van der Waals surface area (Å²) in [4.78, 5) is 0. The summed E-state index contributed by atoms with van der Waals surface area (Å²) in [6, 6.07) is 24.0. The van der Waals surface area contributed by atoms with Crippen molar-refractivity contribution in [1.29, 1.82) is 10.5 Å². The Labute approximate surface area is 278 Å². The van der Waals surface area contributed by atoms with E-state index in [1.54, 1.807) is 14.2 Å². The summed E-state index contributed by atoms with van der Waals surface area (Å²) < 4.78 is 10.7. The molecule has 0 unspecified atom stereocenters. The highest BCUT2D eigenvalue weighted by molar-refractivity contribution is 5.40. The maximum Gasteiger partial charge on any atom is 0.119 e. The van der Waals surface area contributed by atoms with Gasteiger partial charge in [-0.3, -0.25) is 0 Å². The lowest BCUT2D eigenvalue weighted by atomic mass is 9.69. The molecule has 0 spiro atoms. The normalized spacial score (nSPS) is 29.0.